The van der Waals surface area contributed by atoms with Gasteiger partial charge in [-0.15, -0.1) is 17.9 Å². The van der Waals surface area contributed by atoms with Crippen LogP contribution in [0.2, 0.25) is 0 Å². The van der Waals surface area contributed by atoms with Crippen molar-refractivity contribution in [2.24, 2.45) is 11.3 Å². The first kappa shape index (κ1) is 39.7. The van der Waals surface area contributed by atoms with E-state index in [1.807, 2.05) is 33.0 Å². The molecule has 8 heteroatoms. The van der Waals surface area contributed by atoms with Crippen LogP contribution in [0.25, 0.3) is 33.4 Å². The molecule has 0 spiro atoms. The molecule has 7 nitrogen and oxygen atoms in total. The minimum absolute atomic E-state index is 0.131. The summed E-state index contributed by atoms with van der Waals surface area (Å²) in [4.78, 5) is 9.59. The van der Waals surface area contributed by atoms with Gasteiger partial charge in [0.2, 0.25) is 0 Å². The van der Waals surface area contributed by atoms with Crippen molar-refractivity contribution in [3.05, 3.63) is 70.3 Å². The number of rotatable bonds is 15. The molecule has 4 rings (SSSR count). The number of benzene rings is 1. The molecule has 0 fully saturated rings. The first-order valence-electron chi connectivity index (χ1n) is 16.8. The van der Waals surface area contributed by atoms with Gasteiger partial charge in [0.1, 0.15) is 12.7 Å². The number of nitrogens with two attached hydrogens (primary N) is 1. The molecule has 0 aliphatic carbocycles. The lowest BCUT2D eigenvalue weighted by Crippen LogP contribution is -2.22. The Morgan fingerprint density at radius 3 is 2.55 bits per heavy atom. The third-order valence-electron chi connectivity index (χ3n) is 7.84. The van der Waals surface area contributed by atoms with Crippen molar-refractivity contribution in [3.8, 4) is 35.0 Å². The van der Waals surface area contributed by atoms with Crippen LogP contribution >= 0.6 is 11.3 Å². The molecule has 0 radical (unpaired) electrons. The lowest BCUT2D eigenvalue weighted by molar-refractivity contribution is 0.116. The zero-order chi connectivity index (χ0) is 35.0. The van der Waals surface area contributed by atoms with Crippen molar-refractivity contribution in [1.82, 2.24) is 20.0 Å². The number of nitrogens with zero attached hydrogens (tertiary/aromatic N) is 3. The number of ether oxygens (including phenoxy) is 2. The number of fused-ring (bicyclic) bond motifs is 1. The predicted molar refractivity (Wildman–Crippen MR) is 201 cm³/mol. The Morgan fingerprint density at radius 2 is 1.96 bits per heavy atom. The Labute approximate surface area is 288 Å². The van der Waals surface area contributed by atoms with Crippen LogP contribution in [0.1, 0.15) is 97.0 Å². The highest BCUT2D eigenvalue weighted by Crippen LogP contribution is 2.41. The first-order chi connectivity index (χ1) is 22.6. The Bertz CT molecular complexity index is 1580. The van der Waals surface area contributed by atoms with Crippen molar-refractivity contribution >= 4 is 22.2 Å². The molecule has 0 saturated heterocycles. The fraction of sp³-hybridized carbons (Fsp3) is 0.487. The number of hydrogen-bond donors (Lipinski definition) is 2. The molecular formula is C39H57N5O2S. The number of terminal acetylenes is 1. The quantitative estimate of drug-likeness (QED) is 0.0435. The number of methoxy groups -OCH3 is 1. The monoisotopic (exact) mass is 659 g/mol. The molecule has 0 amide bonds. The molecule has 47 heavy (non-hydrogen) atoms. The Morgan fingerprint density at radius 1 is 1.21 bits per heavy atom. The van der Waals surface area contributed by atoms with Gasteiger partial charge in [-0.2, -0.15) is 0 Å². The molecule has 0 aliphatic heterocycles. The van der Waals surface area contributed by atoms with Gasteiger partial charge in [-0.25, -0.2) is 4.98 Å². The van der Waals surface area contributed by atoms with Crippen molar-refractivity contribution in [3.63, 3.8) is 0 Å². The normalized spacial score (nSPS) is 11.6. The highest BCUT2D eigenvalue weighted by atomic mass is 32.1. The molecule has 0 aliphatic rings. The van der Waals surface area contributed by atoms with Crippen LogP contribution in [0.5, 0.6) is 0 Å². The fourth-order valence-electron chi connectivity index (χ4n) is 5.48. The average molecular weight is 660 g/mol. The van der Waals surface area contributed by atoms with Gasteiger partial charge < -0.3 is 14.0 Å². The zero-order valence-electron chi connectivity index (χ0n) is 30.2. The van der Waals surface area contributed by atoms with Crippen LogP contribution < -0.4 is 11.3 Å². The molecule has 0 bridgehead atoms. The number of hydrogen-bond acceptors (Lipinski definition) is 7. The van der Waals surface area contributed by atoms with Gasteiger partial charge in [0, 0.05) is 59.2 Å². The highest BCUT2D eigenvalue weighted by Gasteiger charge is 2.28. The van der Waals surface area contributed by atoms with Gasteiger partial charge in [-0.3, -0.25) is 16.3 Å². The predicted octanol–water partition coefficient (Wildman–Crippen LogP) is 9.51. The summed E-state index contributed by atoms with van der Waals surface area (Å²) in [5, 5.41) is 4.53. The van der Waals surface area contributed by atoms with E-state index in [4.69, 9.17) is 31.7 Å². The molecule has 1 atom stereocenters. The van der Waals surface area contributed by atoms with Gasteiger partial charge in [-0.05, 0) is 82.7 Å². The smallest absolute Gasteiger partial charge is 0.106 e. The van der Waals surface area contributed by atoms with Crippen LogP contribution in [0, 0.1) is 17.9 Å². The summed E-state index contributed by atoms with van der Waals surface area (Å²) in [7, 11) is 1.73. The number of nitrogens with one attached hydrogen (secondary N) is 1. The zero-order valence-corrected chi connectivity index (χ0v) is 31.0. The van der Waals surface area contributed by atoms with E-state index in [2.05, 4.69) is 86.9 Å². The molecule has 4 aromatic rings. The standard InChI is InChI=1S/C30H35N3O2S.C7H16N2.C2H6/c1-8-27-32-25(18-36-27)21-13-14-26-23(16-21)24(17-30(5,6)19-35-10-3)29(33(26)9-2)22-12-11-15-31-28(22)20(4)34-7;1-7(2)5-3-4-6-9-8;1-2/h3,11-16,18,20H,8-9,17,19H2,1-2,4-7H3;9H,1,3-6,8H2,2H3;1-2H3. The van der Waals surface area contributed by atoms with Crippen LogP contribution in [0.15, 0.2) is 54.1 Å². The number of allylic oxidation sites excluding steroid dienone is 1. The summed E-state index contributed by atoms with van der Waals surface area (Å²) in [6.07, 6.45) is 14.7. The molecule has 256 valence electrons. The number of thiazole rings is 1. The van der Waals surface area contributed by atoms with Crippen molar-refractivity contribution in [2.45, 2.75) is 100 Å². The number of aryl methyl sites for hydroxylation is 2. The summed E-state index contributed by atoms with van der Waals surface area (Å²) in [6, 6.07) is 10.9. The topological polar surface area (TPSA) is 87.2 Å². The summed E-state index contributed by atoms with van der Waals surface area (Å²) in [5.41, 5.74) is 11.5. The van der Waals surface area contributed by atoms with E-state index >= 15 is 0 Å². The fourth-order valence-corrected chi connectivity index (χ4v) is 6.23. The van der Waals surface area contributed by atoms with Gasteiger partial charge in [0.05, 0.1) is 28.2 Å². The van der Waals surface area contributed by atoms with Crippen molar-refractivity contribution < 1.29 is 9.47 Å². The lowest BCUT2D eigenvalue weighted by atomic mass is 9.84. The van der Waals surface area contributed by atoms with E-state index in [0.717, 1.165) is 66.3 Å². The van der Waals surface area contributed by atoms with Gasteiger partial charge >= 0.3 is 0 Å². The minimum atomic E-state index is -0.171. The Kier molecular flexibility index (Phi) is 16.9. The van der Waals surface area contributed by atoms with E-state index in [-0.39, 0.29) is 11.5 Å². The molecular weight excluding hydrogens is 603 g/mol. The Balaban J connectivity index is 0.000000605. The van der Waals surface area contributed by atoms with Crippen LogP contribution in [0.4, 0.5) is 0 Å². The molecule has 3 aromatic heterocycles. The van der Waals surface area contributed by atoms with E-state index in [0.29, 0.717) is 6.61 Å². The molecule has 1 unspecified atom stereocenters. The summed E-state index contributed by atoms with van der Waals surface area (Å²) in [6.45, 7) is 22.8. The maximum absolute atomic E-state index is 5.71. The highest BCUT2D eigenvalue weighted by molar-refractivity contribution is 7.09. The maximum atomic E-state index is 5.71. The van der Waals surface area contributed by atoms with E-state index < -0.39 is 0 Å². The average Bonchev–Trinajstić information content (AvgIpc) is 3.69. The van der Waals surface area contributed by atoms with Crippen molar-refractivity contribution in [1.29, 1.82) is 0 Å². The van der Waals surface area contributed by atoms with E-state index in [1.54, 1.807) is 18.4 Å². The van der Waals surface area contributed by atoms with Crippen LogP contribution in [-0.2, 0) is 28.9 Å². The second-order valence-electron chi connectivity index (χ2n) is 12.2. The largest absolute Gasteiger partial charge is 0.446 e. The first-order valence-corrected chi connectivity index (χ1v) is 17.7. The summed E-state index contributed by atoms with van der Waals surface area (Å²) < 4.78 is 13.5. The second-order valence-corrected chi connectivity index (χ2v) is 13.2. The number of unbranched alkanes of at least 4 members (excludes halogenated alkanes) is 1. The third-order valence-corrected chi connectivity index (χ3v) is 8.84. The van der Waals surface area contributed by atoms with Crippen molar-refractivity contribution in [2.75, 3.05) is 20.3 Å². The molecule has 0 saturated carbocycles. The molecule has 1 aromatic carbocycles. The van der Waals surface area contributed by atoms with E-state index in [1.165, 1.54) is 34.2 Å². The summed E-state index contributed by atoms with van der Waals surface area (Å²) in [5.74, 6) is 5.07. The minimum Gasteiger partial charge on any atom is -0.446 e. The lowest BCUT2D eigenvalue weighted by Gasteiger charge is -2.24. The van der Waals surface area contributed by atoms with Crippen LogP contribution in [0.3, 0.4) is 0 Å². The Hall–Kier alpha value is -3.48. The summed E-state index contributed by atoms with van der Waals surface area (Å²) >= 11 is 1.72. The number of pyridine rings is 1. The SMILES string of the molecule is C#COCC(C)(C)Cc1c(-c2cccnc2C(C)OC)n(CC)c2ccc(-c3csc(CC)n3)cc12.C=C(C)CCCCNN.CC. The van der Waals surface area contributed by atoms with Gasteiger partial charge in [0.25, 0.3) is 0 Å². The van der Waals surface area contributed by atoms with Gasteiger partial charge in [0.15, 0.2) is 0 Å². The molecule has 3 heterocycles. The maximum Gasteiger partial charge on any atom is 0.106 e. The number of aromatic nitrogens is 3. The van der Waals surface area contributed by atoms with E-state index in [9.17, 15) is 0 Å². The second kappa shape index (κ2) is 20.0. The number of hydrazine groups is 1. The molecule has 3 N–H and O–H groups in total. The van der Waals surface area contributed by atoms with Gasteiger partial charge in [-0.1, -0.05) is 52.7 Å². The van der Waals surface area contributed by atoms with Crippen LogP contribution in [-0.4, -0.2) is 34.8 Å². The third kappa shape index (κ3) is 11.0.